The zero-order valence-corrected chi connectivity index (χ0v) is 12.7. The Labute approximate surface area is 129 Å². The number of hydrogen-bond acceptors (Lipinski definition) is 5. The standard InChI is InChI=1S/C16H18N2O4/c1-21-13-6-5-11(9-14(13)22-2)15(19)12(10-17)16(20)18-7-3-4-8-18/h5-6,9,12H,3-4,7-8H2,1-2H3/t12-/m1/s1. The van der Waals surface area contributed by atoms with Crippen molar-refractivity contribution >= 4 is 11.7 Å². The molecule has 0 saturated carbocycles. The number of hydrogen-bond donors (Lipinski definition) is 0. The van der Waals surface area contributed by atoms with Gasteiger partial charge in [0.25, 0.3) is 0 Å². The molecule has 2 rings (SSSR count). The van der Waals surface area contributed by atoms with Crippen LogP contribution in [0.5, 0.6) is 11.5 Å². The average Bonchev–Trinajstić information content (AvgIpc) is 3.09. The van der Waals surface area contributed by atoms with E-state index in [0.717, 1.165) is 12.8 Å². The number of methoxy groups -OCH3 is 2. The van der Waals surface area contributed by atoms with Crippen molar-refractivity contribution in [3.63, 3.8) is 0 Å². The number of nitrogens with zero attached hydrogens (tertiary/aromatic N) is 2. The molecule has 0 N–H and O–H groups in total. The van der Waals surface area contributed by atoms with Crippen molar-refractivity contribution in [1.82, 2.24) is 4.90 Å². The number of ketones is 1. The lowest BCUT2D eigenvalue weighted by Crippen LogP contribution is -2.37. The molecule has 0 aromatic heterocycles. The lowest BCUT2D eigenvalue weighted by Gasteiger charge is -2.18. The van der Waals surface area contributed by atoms with Crippen LogP contribution in [0.2, 0.25) is 0 Å². The number of nitriles is 1. The molecule has 116 valence electrons. The third-order valence-corrected chi connectivity index (χ3v) is 3.72. The molecule has 1 atom stereocenters. The summed E-state index contributed by atoms with van der Waals surface area (Å²) < 4.78 is 10.3. The Morgan fingerprint density at radius 2 is 1.82 bits per heavy atom. The third-order valence-electron chi connectivity index (χ3n) is 3.72. The minimum absolute atomic E-state index is 0.261. The third kappa shape index (κ3) is 3.03. The van der Waals surface area contributed by atoms with E-state index in [1.54, 1.807) is 11.0 Å². The molecule has 1 amide bonds. The summed E-state index contributed by atoms with van der Waals surface area (Å²) in [6, 6.07) is 6.44. The van der Waals surface area contributed by atoms with E-state index in [1.165, 1.54) is 26.4 Å². The molecule has 1 aromatic carbocycles. The van der Waals surface area contributed by atoms with Crippen LogP contribution in [-0.4, -0.2) is 43.9 Å². The number of rotatable bonds is 5. The Morgan fingerprint density at radius 1 is 1.18 bits per heavy atom. The van der Waals surface area contributed by atoms with E-state index in [1.807, 2.05) is 6.07 Å². The van der Waals surface area contributed by atoms with E-state index in [-0.39, 0.29) is 5.56 Å². The number of amides is 1. The maximum atomic E-state index is 12.5. The first kappa shape index (κ1) is 15.8. The number of carbonyl (C=O) groups is 2. The smallest absolute Gasteiger partial charge is 0.247 e. The number of carbonyl (C=O) groups excluding carboxylic acids is 2. The summed E-state index contributed by atoms with van der Waals surface area (Å²) in [5.74, 6) is -1.37. The van der Waals surface area contributed by atoms with Crippen molar-refractivity contribution < 1.29 is 19.1 Å². The summed E-state index contributed by atoms with van der Waals surface area (Å²) in [6.07, 6.45) is 1.82. The van der Waals surface area contributed by atoms with Gasteiger partial charge in [-0.3, -0.25) is 9.59 Å². The van der Waals surface area contributed by atoms with Gasteiger partial charge in [-0.1, -0.05) is 0 Å². The maximum absolute atomic E-state index is 12.5. The van der Waals surface area contributed by atoms with Crippen LogP contribution >= 0.6 is 0 Å². The number of benzene rings is 1. The molecule has 6 nitrogen and oxygen atoms in total. The summed E-state index contributed by atoms with van der Waals surface area (Å²) >= 11 is 0. The van der Waals surface area contributed by atoms with Crippen LogP contribution in [0.1, 0.15) is 23.2 Å². The van der Waals surface area contributed by atoms with Crippen LogP contribution in [0.25, 0.3) is 0 Å². The lowest BCUT2D eigenvalue weighted by atomic mass is 9.97. The molecule has 0 spiro atoms. The predicted molar refractivity (Wildman–Crippen MR) is 78.8 cm³/mol. The molecular formula is C16H18N2O4. The van der Waals surface area contributed by atoms with Gasteiger partial charge in [0.15, 0.2) is 23.2 Å². The minimum atomic E-state index is -1.31. The van der Waals surface area contributed by atoms with E-state index in [0.29, 0.717) is 24.6 Å². The average molecular weight is 302 g/mol. The van der Waals surface area contributed by atoms with E-state index in [9.17, 15) is 14.9 Å². The second-order valence-electron chi connectivity index (χ2n) is 5.03. The van der Waals surface area contributed by atoms with Crippen molar-refractivity contribution in [2.24, 2.45) is 5.92 Å². The number of ether oxygens (including phenoxy) is 2. The minimum Gasteiger partial charge on any atom is -0.493 e. The highest BCUT2D eigenvalue weighted by Gasteiger charge is 2.33. The van der Waals surface area contributed by atoms with E-state index in [2.05, 4.69) is 0 Å². The van der Waals surface area contributed by atoms with Gasteiger partial charge in [0.05, 0.1) is 20.3 Å². The van der Waals surface area contributed by atoms with Crippen LogP contribution in [-0.2, 0) is 4.79 Å². The normalized spacial score (nSPS) is 15.0. The van der Waals surface area contributed by atoms with Crippen molar-refractivity contribution in [1.29, 1.82) is 5.26 Å². The molecule has 1 aromatic rings. The van der Waals surface area contributed by atoms with E-state index >= 15 is 0 Å². The van der Waals surface area contributed by atoms with Gasteiger partial charge in [0, 0.05) is 18.7 Å². The van der Waals surface area contributed by atoms with Crippen molar-refractivity contribution in [2.45, 2.75) is 12.8 Å². The van der Waals surface area contributed by atoms with Crippen molar-refractivity contribution in [2.75, 3.05) is 27.3 Å². The second-order valence-corrected chi connectivity index (χ2v) is 5.03. The lowest BCUT2D eigenvalue weighted by molar-refractivity contribution is -0.131. The molecule has 0 unspecified atom stereocenters. The Bertz CT molecular complexity index is 615. The molecular weight excluding hydrogens is 284 g/mol. The summed E-state index contributed by atoms with van der Waals surface area (Å²) in [7, 11) is 2.96. The highest BCUT2D eigenvalue weighted by Crippen LogP contribution is 2.28. The highest BCUT2D eigenvalue weighted by molar-refractivity contribution is 6.12. The van der Waals surface area contributed by atoms with Gasteiger partial charge in [-0.15, -0.1) is 0 Å². The number of likely N-dealkylation sites (tertiary alicyclic amines) is 1. The number of Topliss-reactive ketones (excluding diaryl/α,β-unsaturated/α-hetero) is 1. The topological polar surface area (TPSA) is 79.6 Å². The molecule has 0 aliphatic carbocycles. The van der Waals surface area contributed by atoms with Gasteiger partial charge in [0.2, 0.25) is 5.91 Å². The SMILES string of the molecule is COc1ccc(C(=O)[C@@H](C#N)C(=O)N2CCCC2)cc1OC. The molecule has 22 heavy (non-hydrogen) atoms. The fraction of sp³-hybridized carbons (Fsp3) is 0.438. The molecule has 0 bridgehead atoms. The zero-order chi connectivity index (χ0) is 16.1. The van der Waals surface area contributed by atoms with Gasteiger partial charge in [-0.2, -0.15) is 5.26 Å². The summed E-state index contributed by atoms with van der Waals surface area (Å²) in [5, 5.41) is 9.24. The van der Waals surface area contributed by atoms with Gasteiger partial charge >= 0.3 is 0 Å². The molecule has 1 heterocycles. The monoisotopic (exact) mass is 302 g/mol. The maximum Gasteiger partial charge on any atom is 0.247 e. The van der Waals surface area contributed by atoms with Crippen molar-refractivity contribution in [3.05, 3.63) is 23.8 Å². The van der Waals surface area contributed by atoms with Crippen molar-refractivity contribution in [3.8, 4) is 17.6 Å². The Hall–Kier alpha value is -2.55. The van der Waals surface area contributed by atoms with Crippen LogP contribution in [0.3, 0.4) is 0 Å². The van der Waals surface area contributed by atoms with Gasteiger partial charge in [-0.05, 0) is 31.0 Å². The first-order valence-corrected chi connectivity index (χ1v) is 7.07. The first-order valence-electron chi connectivity index (χ1n) is 7.07. The fourth-order valence-electron chi connectivity index (χ4n) is 2.50. The van der Waals surface area contributed by atoms with Gasteiger partial charge < -0.3 is 14.4 Å². The fourth-order valence-corrected chi connectivity index (χ4v) is 2.50. The van der Waals surface area contributed by atoms with E-state index < -0.39 is 17.6 Å². The highest BCUT2D eigenvalue weighted by atomic mass is 16.5. The van der Waals surface area contributed by atoms with Gasteiger partial charge in [-0.25, -0.2) is 0 Å². The Balaban J connectivity index is 2.25. The van der Waals surface area contributed by atoms with Crippen LogP contribution < -0.4 is 9.47 Å². The molecule has 1 aliphatic heterocycles. The zero-order valence-electron chi connectivity index (χ0n) is 12.7. The molecule has 6 heteroatoms. The first-order chi connectivity index (χ1) is 10.6. The van der Waals surface area contributed by atoms with E-state index in [4.69, 9.17) is 9.47 Å². The van der Waals surface area contributed by atoms with Gasteiger partial charge in [0.1, 0.15) is 0 Å². The van der Waals surface area contributed by atoms with Crippen LogP contribution in [0.4, 0.5) is 0 Å². The Morgan fingerprint density at radius 3 is 2.36 bits per heavy atom. The second kappa shape index (κ2) is 6.94. The molecule has 1 fully saturated rings. The molecule has 1 aliphatic rings. The summed E-state index contributed by atoms with van der Waals surface area (Å²) in [6.45, 7) is 1.21. The molecule has 1 saturated heterocycles. The quantitative estimate of drug-likeness (QED) is 0.610. The largest absolute Gasteiger partial charge is 0.493 e. The predicted octanol–water partition coefficient (Wildman–Crippen LogP) is 1.65. The van der Waals surface area contributed by atoms with Crippen LogP contribution in [0, 0.1) is 17.2 Å². The summed E-state index contributed by atoms with van der Waals surface area (Å²) in [5.41, 5.74) is 0.261. The Kier molecular flexibility index (Phi) is 4.99. The van der Waals surface area contributed by atoms with Crippen LogP contribution in [0.15, 0.2) is 18.2 Å². The molecule has 0 radical (unpaired) electrons. The summed E-state index contributed by atoms with van der Waals surface area (Å²) in [4.78, 5) is 26.3.